The van der Waals surface area contributed by atoms with E-state index in [-0.39, 0.29) is 11.7 Å². The van der Waals surface area contributed by atoms with Gasteiger partial charge in [0.25, 0.3) is 0 Å². The highest BCUT2D eigenvalue weighted by Crippen LogP contribution is 2.19. The van der Waals surface area contributed by atoms with Gasteiger partial charge in [-0.3, -0.25) is 4.79 Å². The topological polar surface area (TPSA) is 73.3 Å². The van der Waals surface area contributed by atoms with Crippen LogP contribution in [-0.4, -0.2) is 35.8 Å². The molecular formula is C18H23N3O3S. The van der Waals surface area contributed by atoms with Gasteiger partial charge in [-0.15, -0.1) is 0 Å². The number of amides is 1. The van der Waals surface area contributed by atoms with Crippen LogP contribution in [-0.2, 0) is 20.7 Å². The van der Waals surface area contributed by atoms with E-state index in [1.807, 2.05) is 24.3 Å². The smallest absolute Gasteiger partial charge is 0.234 e. The SMILES string of the molecule is CCCc1ccc(NC(=O)CSc2nccc(C(OC)OC)n2)cc1. The molecule has 2 rings (SSSR count). The number of aryl methyl sites for hydroxylation is 1. The van der Waals surface area contributed by atoms with Crippen LogP contribution in [0, 0.1) is 0 Å². The van der Waals surface area contributed by atoms with Crippen molar-refractivity contribution in [1.29, 1.82) is 0 Å². The molecule has 25 heavy (non-hydrogen) atoms. The van der Waals surface area contributed by atoms with Crippen molar-refractivity contribution in [3.05, 3.63) is 47.8 Å². The summed E-state index contributed by atoms with van der Waals surface area (Å²) < 4.78 is 10.3. The molecule has 1 aromatic carbocycles. The first kappa shape index (κ1) is 19.4. The largest absolute Gasteiger partial charge is 0.350 e. The summed E-state index contributed by atoms with van der Waals surface area (Å²) >= 11 is 1.27. The molecule has 0 spiro atoms. The van der Waals surface area contributed by atoms with Crippen LogP contribution in [0.5, 0.6) is 0 Å². The second-order valence-corrected chi connectivity index (χ2v) is 6.29. The van der Waals surface area contributed by atoms with E-state index in [9.17, 15) is 4.79 Å². The minimum Gasteiger partial charge on any atom is -0.350 e. The Balaban J connectivity index is 1.88. The molecule has 0 fully saturated rings. The zero-order valence-electron chi connectivity index (χ0n) is 14.7. The Bertz CT molecular complexity index is 676. The molecule has 2 aromatic rings. The Morgan fingerprint density at radius 2 is 1.92 bits per heavy atom. The van der Waals surface area contributed by atoms with E-state index in [1.165, 1.54) is 17.3 Å². The molecule has 6 nitrogen and oxygen atoms in total. The Morgan fingerprint density at radius 3 is 2.56 bits per heavy atom. The average Bonchev–Trinajstić information content (AvgIpc) is 2.63. The fourth-order valence-corrected chi connectivity index (χ4v) is 2.90. The number of ether oxygens (including phenoxy) is 2. The number of anilines is 1. The Labute approximate surface area is 152 Å². The van der Waals surface area contributed by atoms with Gasteiger partial charge in [-0.25, -0.2) is 9.97 Å². The number of carbonyl (C=O) groups excluding carboxylic acids is 1. The van der Waals surface area contributed by atoms with Crippen molar-refractivity contribution in [2.45, 2.75) is 31.2 Å². The van der Waals surface area contributed by atoms with Gasteiger partial charge in [0.2, 0.25) is 12.2 Å². The third-order valence-electron chi connectivity index (χ3n) is 3.43. The number of rotatable bonds is 9. The van der Waals surface area contributed by atoms with E-state index in [1.54, 1.807) is 26.5 Å². The number of benzene rings is 1. The Kier molecular flexibility index (Phi) is 7.84. The fraction of sp³-hybridized carbons (Fsp3) is 0.389. The number of hydrogen-bond donors (Lipinski definition) is 1. The summed E-state index contributed by atoms with van der Waals surface area (Å²) in [5, 5.41) is 3.38. The molecule has 0 atom stereocenters. The third-order valence-corrected chi connectivity index (χ3v) is 4.29. The molecule has 0 saturated carbocycles. The van der Waals surface area contributed by atoms with E-state index in [0.717, 1.165) is 18.5 Å². The van der Waals surface area contributed by atoms with Gasteiger partial charge >= 0.3 is 0 Å². The summed E-state index contributed by atoms with van der Waals surface area (Å²) in [7, 11) is 3.09. The lowest BCUT2D eigenvalue weighted by Crippen LogP contribution is -2.14. The maximum Gasteiger partial charge on any atom is 0.234 e. The summed E-state index contributed by atoms with van der Waals surface area (Å²) in [6.45, 7) is 2.14. The molecule has 0 aliphatic rings. The van der Waals surface area contributed by atoms with Crippen LogP contribution in [0.15, 0.2) is 41.7 Å². The monoisotopic (exact) mass is 361 g/mol. The average molecular weight is 361 g/mol. The number of nitrogens with zero attached hydrogens (tertiary/aromatic N) is 2. The second-order valence-electron chi connectivity index (χ2n) is 5.35. The molecule has 7 heteroatoms. The van der Waals surface area contributed by atoms with Crippen LogP contribution in [0.3, 0.4) is 0 Å². The molecule has 0 aliphatic carbocycles. The molecule has 1 aromatic heterocycles. The first-order chi connectivity index (χ1) is 12.2. The maximum atomic E-state index is 12.1. The predicted octanol–water partition coefficient (Wildman–Crippen LogP) is 3.45. The van der Waals surface area contributed by atoms with Gasteiger partial charge < -0.3 is 14.8 Å². The van der Waals surface area contributed by atoms with E-state index in [0.29, 0.717) is 10.9 Å². The minimum absolute atomic E-state index is 0.0997. The molecule has 0 saturated heterocycles. The molecule has 134 valence electrons. The van der Waals surface area contributed by atoms with Crippen LogP contribution < -0.4 is 5.32 Å². The molecule has 1 heterocycles. The number of methoxy groups -OCH3 is 2. The Hall–Kier alpha value is -1.96. The molecule has 0 unspecified atom stereocenters. The Morgan fingerprint density at radius 1 is 1.20 bits per heavy atom. The van der Waals surface area contributed by atoms with Crippen molar-refractivity contribution < 1.29 is 14.3 Å². The standard InChI is InChI=1S/C18H23N3O3S/c1-4-5-13-6-8-14(9-7-13)20-16(22)12-25-18-19-11-10-15(21-18)17(23-2)24-3/h6-11,17H,4-5,12H2,1-3H3,(H,20,22). The van der Waals surface area contributed by atoms with Gasteiger partial charge in [0.15, 0.2) is 5.16 Å². The number of aromatic nitrogens is 2. The van der Waals surface area contributed by atoms with Crippen molar-refractivity contribution in [3.63, 3.8) is 0 Å². The van der Waals surface area contributed by atoms with Crippen LogP contribution in [0.1, 0.15) is 30.9 Å². The molecule has 1 amide bonds. The van der Waals surface area contributed by atoms with Crippen LogP contribution in [0.2, 0.25) is 0 Å². The number of nitrogens with one attached hydrogen (secondary N) is 1. The van der Waals surface area contributed by atoms with E-state index in [4.69, 9.17) is 9.47 Å². The summed E-state index contributed by atoms with van der Waals surface area (Å²) in [5.74, 6) is 0.127. The van der Waals surface area contributed by atoms with Gasteiger partial charge in [0.05, 0.1) is 5.75 Å². The van der Waals surface area contributed by atoms with Crippen LogP contribution in [0.25, 0.3) is 0 Å². The molecular weight excluding hydrogens is 338 g/mol. The first-order valence-corrected chi connectivity index (χ1v) is 9.05. The lowest BCUT2D eigenvalue weighted by Gasteiger charge is -2.12. The lowest BCUT2D eigenvalue weighted by atomic mass is 10.1. The fourth-order valence-electron chi connectivity index (χ4n) is 2.26. The lowest BCUT2D eigenvalue weighted by molar-refractivity contribution is -0.113. The van der Waals surface area contributed by atoms with Crippen molar-refractivity contribution in [3.8, 4) is 0 Å². The zero-order chi connectivity index (χ0) is 18.1. The third kappa shape index (κ3) is 6.12. The van der Waals surface area contributed by atoms with Crippen LogP contribution in [0.4, 0.5) is 5.69 Å². The molecule has 0 aliphatic heterocycles. The first-order valence-electron chi connectivity index (χ1n) is 8.06. The van der Waals surface area contributed by atoms with Gasteiger partial charge in [-0.2, -0.15) is 0 Å². The highest BCUT2D eigenvalue weighted by molar-refractivity contribution is 7.99. The van der Waals surface area contributed by atoms with Crippen molar-refractivity contribution in [2.75, 3.05) is 25.3 Å². The van der Waals surface area contributed by atoms with Gasteiger partial charge in [-0.05, 0) is 30.2 Å². The summed E-state index contributed by atoms with van der Waals surface area (Å²) in [6, 6.07) is 9.64. The van der Waals surface area contributed by atoms with E-state index < -0.39 is 6.29 Å². The minimum atomic E-state index is -0.544. The van der Waals surface area contributed by atoms with Gasteiger partial charge in [-0.1, -0.05) is 37.2 Å². The number of carbonyl (C=O) groups is 1. The van der Waals surface area contributed by atoms with Crippen molar-refractivity contribution >= 4 is 23.4 Å². The van der Waals surface area contributed by atoms with Crippen molar-refractivity contribution in [1.82, 2.24) is 9.97 Å². The highest BCUT2D eigenvalue weighted by Gasteiger charge is 2.12. The maximum absolute atomic E-state index is 12.1. The zero-order valence-corrected chi connectivity index (χ0v) is 15.5. The summed E-state index contributed by atoms with van der Waals surface area (Å²) in [5.41, 5.74) is 2.68. The van der Waals surface area contributed by atoms with Crippen molar-refractivity contribution in [2.24, 2.45) is 0 Å². The highest BCUT2D eigenvalue weighted by atomic mass is 32.2. The molecule has 0 bridgehead atoms. The number of hydrogen-bond acceptors (Lipinski definition) is 6. The van der Waals surface area contributed by atoms with E-state index in [2.05, 4.69) is 22.2 Å². The van der Waals surface area contributed by atoms with E-state index >= 15 is 0 Å². The number of thioether (sulfide) groups is 1. The van der Waals surface area contributed by atoms with Gasteiger partial charge in [0.1, 0.15) is 5.69 Å². The summed E-state index contributed by atoms with van der Waals surface area (Å²) in [6.07, 6.45) is 3.23. The quantitative estimate of drug-likeness (QED) is 0.419. The molecule has 0 radical (unpaired) electrons. The second kappa shape index (κ2) is 10.1. The van der Waals surface area contributed by atoms with Gasteiger partial charge in [0, 0.05) is 26.1 Å². The molecule has 1 N–H and O–H groups in total. The summed E-state index contributed by atoms with van der Waals surface area (Å²) in [4.78, 5) is 20.6. The predicted molar refractivity (Wildman–Crippen MR) is 98.6 cm³/mol. The normalized spacial score (nSPS) is 10.9. The van der Waals surface area contributed by atoms with Crippen LogP contribution >= 0.6 is 11.8 Å².